The Hall–Kier alpha value is -3.27. The summed E-state index contributed by atoms with van der Waals surface area (Å²) in [6.07, 6.45) is 4.18. The van der Waals surface area contributed by atoms with Gasteiger partial charge in [0.05, 0.1) is 16.1 Å². The number of carboxylic acid groups (broad SMARTS) is 1. The Morgan fingerprint density at radius 2 is 2.04 bits per heavy atom. The lowest BCUT2D eigenvalue weighted by atomic mass is 10.0. The molecule has 0 saturated carbocycles. The third-order valence-corrected chi connectivity index (χ3v) is 5.19. The number of sulfonamides is 1. The lowest BCUT2D eigenvalue weighted by molar-refractivity contribution is 0.0695. The molecule has 2 N–H and O–H groups in total. The van der Waals surface area contributed by atoms with Crippen molar-refractivity contribution in [3.8, 4) is 5.82 Å². The van der Waals surface area contributed by atoms with Gasteiger partial charge in [-0.05, 0) is 49.2 Å². The molecule has 0 aliphatic carbocycles. The van der Waals surface area contributed by atoms with Crippen LogP contribution >= 0.6 is 0 Å². The molecular formula is C16H15N5O4S. The number of aromatic carboxylic acids is 1. The highest BCUT2D eigenvalue weighted by Crippen LogP contribution is 2.24. The molecule has 0 aliphatic heterocycles. The minimum absolute atomic E-state index is 0.0620. The van der Waals surface area contributed by atoms with E-state index in [1.54, 1.807) is 19.9 Å². The van der Waals surface area contributed by atoms with Crippen molar-refractivity contribution >= 4 is 21.7 Å². The Kier molecular flexibility index (Phi) is 4.43. The summed E-state index contributed by atoms with van der Waals surface area (Å²) in [4.78, 5) is 19.2. The zero-order valence-electron chi connectivity index (χ0n) is 13.9. The smallest absolute Gasteiger partial charge is 0.336 e. The molecule has 0 aliphatic rings. The fourth-order valence-corrected chi connectivity index (χ4v) is 3.56. The Morgan fingerprint density at radius 3 is 2.69 bits per heavy atom. The second kappa shape index (κ2) is 6.56. The predicted octanol–water partition coefficient (Wildman–Crippen LogP) is 1.78. The molecule has 2 aromatic heterocycles. The van der Waals surface area contributed by atoms with Crippen LogP contribution in [0.1, 0.15) is 21.5 Å². The normalized spacial score (nSPS) is 11.3. The van der Waals surface area contributed by atoms with Crippen molar-refractivity contribution in [2.75, 3.05) is 4.72 Å². The number of anilines is 1. The molecule has 10 heteroatoms. The highest BCUT2D eigenvalue weighted by Gasteiger charge is 2.21. The summed E-state index contributed by atoms with van der Waals surface area (Å²) in [5, 5.41) is 13.2. The highest BCUT2D eigenvalue weighted by atomic mass is 32.2. The van der Waals surface area contributed by atoms with Crippen molar-refractivity contribution in [3.63, 3.8) is 0 Å². The van der Waals surface area contributed by atoms with E-state index in [1.165, 1.54) is 35.7 Å². The summed E-state index contributed by atoms with van der Waals surface area (Å²) in [5.74, 6) is -0.941. The average molecular weight is 373 g/mol. The lowest BCUT2D eigenvalue weighted by Crippen LogP contribution is -2.17. The summed E-state index contributed by atoms with van der Waals surface area (Å²) in [6.45, 7) is 3.29. The third kappa shape index (κ3) is 3.26. The van der Waals surface area contributed by atoms with E-state index in [1.807, 2.05) is 0 Å². The van der Waals surface area contributed by atoms with Crippen LogP contribution in [0.2, 0.25) is 0 Å². The molecule has 0 atom stereocenters. The first-order valence-corrected chi connectivity index (χ1v) is 8.95. The number of pyridine rings is 1. The Morgan fingerprint density at radius 1 is 1.27 bits per heavy atom. The maximum Gasteiger partial charge on any atom is 0.336 e. The van der Waals surface area contributed by atoms with Gasteiger partial charge in [0.15, 0.2) is 5.82 Å². The third-order valence-electron chi connectivity index (χ3n) is 3.85. The number of nitrogens with one attached hydrogen (secondary N) is 1. The van der Waals surface area contributed by atoms with Crippen LogP contribution < -0.4 is 4.72 Å². The molecule has 0 fully saturated rings. The molecule has 0 saturated heterocycles. The number of benzene rings is 1. The van der Waals surface area contributed by atoms with Crippen LogP contribution in [0.5, 0.6) is 0 Å². The van der Waals surface area contributed by atoms with Crippen molar-refractivity contribution in [2.45, 2.75) is 18.7 Å². The average Bonchev–Trinajstić information content (AvgIpc) is 3.11. The van der Waals surface area contributed by atoms with E-state index in [-0.39, 0.29) is 22.0 Å². The first kappa shape index (κ1) is 17.5. The minimum atomic E-state index is -4.04. The maximum absolute atomic E-state index is 12.8. The second-order valence-corrected chi connectivity index (χ2v) is 7.22. The number of aromatic nitrogens is 4. The van der Waals surface area contributed by atoms with Gasteiger partial charge in [0.1, 0.15) is 12.7 Å². The number of carboxylic acids is 1. The van der Waals surface area contributed by atoms with Crippen LogP contribution in [-0.2, 0) is 10.0 Å². The minimum Gasteiger partial charge on any atom is -0.478 e. The zero-order chi connectivity index (χ0) is 18.9. The zero-order valence-corrected chi connectivity index (χ0v) is 14.7. The van der Waals surface area contributed by atoms with Crippen molar-refractivity contribution in [3.05, 3.63) is 59.8 Å². The first-order valence-electron chi connectivity index (χ1n) is 7.47. The lowest BCUT2D eigenvalue weighted by Gasteiger charge is -2.13. The van der Waals surface area contributed by atoms with Crippen LogP contribution in [0, 0.1) is 13.8 Å². The maximum atomic E-state index is 12.8. The largest absolute Gasteiger partial charge is 0.478 e. The van der Waals surface area contributed by atoms with Gasteiger partial charge in [-0.25, -0.2) is 27.9 Å². The van der Waals surface area contributed by atoms with Gasteiger partial charge in [-0.3, -0.25) is 4.72 Å². The molecule has 0 amide bonds. The van der Waals surface area contributed by atoms with Gasteiger partial charge < -0.3 is 5.11 Å². The molecule has 3 aromatic rings. The first-order chi connectivity index (χ1) is 12.3. The highest BCUT2D eigenvalue weighted by molar-refractivity contribution is 7.92. The summed E-state index contributed by atoms with van der Waals surface area (Å²) in [7, 11) is -4.04. The summed E-state index contributed by atoms with van der Waals surface area (Å²) in [5.41, 5.74) is 1.20. The second-order valence-electron chi connectivity index (χ2n) is 5.54. The topological polar surface area (TPSA) is 127 Å². The van der Waals surface area contributed by atoms with E-state index in [9.17, 15) is 18.3 Å². The van der Waals surface area contributed by atoms with E-state index < -0.39 is 16.0 Å². The molecule has 0 bridgehead atoms. The number of hydrogen-bond acceptors (Lipinski definition) is 6. The molecule has 0 unspecified atom stereocenters. The van der Waals surface area contributed by atoms with E-state index in [2.05, 4.69) is 19.8 Å². The monoisotopic (exact) mass is 373 g/mol. The van der Waals surface area contributed by atoms with Crippen LogP contribution in [0.4, 0.5) is 5.69 Å². The van der Waals surface area contributed by atoms with Gasteiger partial charge in [0.2, 0.25) is 0 Å². The fourth-order valence-electron chi connectivity index (χ4n) is 2.38. The number of hydrogen-bond donors (Lipinski definition) is 2. The summed E-state index contributed by atoms with van der Waals surface area (Å²) < 4.78 is 29.3. The predicted molar refractivity (Wildman–Crippen MR) is 92.8 cm³/mol. The van der Waals surface area contributed by atoms with Crippen molar-refractivity contribution < 1.29 is 18.3 Å². The molecule has 0 spiro atoms. The van der Waals surface area contributed by atoms with E-state index in [4.69, 9.17) is 0 Å². The molecule has 2 heterocycles. The number of rotatable bonds is 5. The van der Waals surface area contributed by atoms with Gasteiger partial charge in [0, 0.05) is 6.20 Å². The molecule has 0 radical (unpaired) electrons. The van der Waals surface area contributed by atoms with Crippen LogP contribution in [0.25, 0.3) is 5.82 Å². The Bertz CT molecular complexity index is 1080. The molecule has 26 heavy (non-hydrogen) atoms. The molecule has 1 aromatic carbocycles. The van der Waals surface area contributed by atoms with E-state index >= 15 is 0 Å². The van der Waals surface area contributed by atoms with Gasteiger partial charge in [-0.15, -0.1) is 0 Å². The van der Waals surface area contributed by atoms with Crippen molar-refractivity contribution in [1.29, 1.82) is 0 Å². The summed E-state index contributed by atoms with van der Waals surface area (Å²) >= 11 is 0. The quantitative estimate of drug-likeness (QED) is 0.698. The van der Waals surface area contributed by atoms with E-state index in [0.29, 0.717) is 11.1 Å². The van der Waals surface area contributed by atoms with Crippen molar-refractivity contribution in [2.24, 2.45) is 0 Å². The molecule has 3 rings (SSSR count). The molecule has 9 nitrogen and oxygen atoms in total. The SMILES string of the molecule is Cc1cc(S(=O)(=O)Nc2cccnc2-n2cncn2)cc(C(=O)O)c1C. The summed E-state index contributed by atoms with van der Waals surface area (Å²) in [6, 6.07) is 5.66. The number of nitrogens with zero attached hydrogens (tertiary/aromatic N) is 4. The van der Waals surface area contributed by atoms with Crippen LogP contribution in [0.3, 0.4) is 0 Å². The molecule has 134 valence electrons. The Labute approximate surface area is 149 Å². The standard InChI is InChI=1S/C16H15N5O4S/c1-10-6-12(7-13(11(10)2)16(22)23)26(24,25)20-14-4-3-5-18-15(14)21-9-17-8-19-21/h3-9,20H,1-2H3,(H,22,23). The number of aryl methyl sites for hydroxylation is 1. The van der Waals surface area contributed by atoms with Gasteiger partial charge >= 0.3 is 5.97 Å². The molecular weight excluding hydrogens is 358 g/mol. The van der Waals surface area contributed by atoms with Gasteiger partial charge in [0.25, 0.3) is 10.0 Å². The Balaban J connectivity index is 2.05. The number of carbonyl (C=O) groups is 1. The van der Waals surface area contributed by atoms with Gasteiger partial charge in [-0.1, -0.05) is 0 Å². The van der Waals surface area contributed by atoms with Crippen LogP contribution in [0.15, 0.2) is 48.0 Å². The van der Waals surface area contributed by atoms with Gasteiger partial charge in [-0.2, -0.15) is 5.10 Å². The van der Waals surface area contributed by atoms with Crippen molar-refractivity contribution in [1.82, 2.24) is 19.7 Å². The van der Waals surface area contributed by atoms with E-state index in [0.717, 1.165) is 6.07 Å². The fraction of sp³-hybridized carbons (Fsp3) is 0.125. The van der Waals surface area contributed by atoms with Crippen LogP contribution in [-0.4, -0.2) is 39.2 Å².